The number of H-pyrrole nitrogens is 1. The van der Waals surface area contributed by atoms with Crippen LogP contribution in [0.2, 0.25) is 0 Å². The van der Waals surface area contributed by atoms with Gasteiger partial charge < -0.3 is 10.3 Å². The minimum absolute atomic E-state index is 0.0135. The number of halogens is 3. The molecular formula is C13H15F3N2O2. The number of hydrogen-bond acceptors (Lipinski definition) is 2. The predicted octanol–water partition coefficient (Wildman–Crippen LogP) is 2.23. The maximum atomic E-state index is 12.9. The second-order valence-corrected chi connectivity index (χ2v) is 4.93. The Labute approximate surface area is 113 Å². The number of nitrogens with one attached hydrogen (secondary N) is 2. The number of carbonyl (C=O) groups is 1. The van der Waals surface area contributed by atoms with Gasteiger partial charge >= 0.3 is 6.18 Å². The summed E-state index contributed by atoms with van der Waals surface area (Å²) in [5.74, 6) is -2.30. The van der Waals surface area contributed by atoms with E-state index in [1.807, 2.05) is 0 Å². The molecule has 0 radical (unpaired) electrons. The standard InChI is InChI=1S/C13H15F3N2O2/c14-13(15,16)9-3-1-2-4-10(9)18-12(20)8-7-17-6-5-11(8)19/h5-7,9-10H,1-4H2,(H,17,19)(H,18,20). The molecule has 2 rings (SSSR count). The Hall–Kier alpha value is -1.79. The van der Waals surface area contributed by atoms with E-state index < -0.39 is 29.5 Å². The molecule has 0 aliphatic heterocycles. The lowest BCUT2D eigenvalue weighted by atomic mass is 9.84. The SMILES string of the molecule is O=C(NC1CCCCC1C(F)(F)F)c1c[nH]ccc1=O. The lowest BCUT2D eigenvalue weighted by Gasteiger charge is -2.33. The van der Waals surface area contributed by atoms with Crippen LogP contribution < -0.4 is 10.7 Å². The lowest BCUT2D eigenvalue weighted by Crippen LogP contribution is -2.48. The van der Waals surface area contributed by atoms with Gasteiger partial charge in [0.25, 0.3) is 5.91 Å². The molecule has 1 aliphatic carbocycles. The largest absolute Gasteiger partial charge is 0.393 e. The van der Waals surface area contributed by atoms with Crippen molar-refractivity contribution in [2.24, 2.45) is 5.92 Å². The molecule has 0 spiro atoms. The Balaban J connectivity index is 2.13. The highest BCUT2D eigenvalue weighted by atomic mass is 19.4. The average molecular weight is 288 g/mol. The number of amides is 1. The van der Waals surface area contributed by atoms with Crippen LogP contribution in [0.1, 0.15) is 36.0 Å². The monoisotopic (exact) mass is 288 g/mol. The molecule has 1 fully saturated rings. The molecule has 0 saturated heterocycles. The molecule has 0 aromatic carbocycles. The molecule has 1 aliphatic rings. The highest BCUT2D eigenvalue weighted by molar-refractivity contribution is 5.93. The highest BCUT2D eigenvalue weighted by Gasteiger charge is 2.46. The molecule has 1 heterocycles. The summed E-state index contributed by atoms with van der Waals surface area (Å²) in [6, 6.07) is 0.202. The molecule has 1 aromatic rings. The third kappa shape index (κ3) is 3.20. The van der Waals surface area contributed by atoms with Crippen molar-refractivity contribution in [3.63, 3.8) is 0 Å². The number of hydrogen-bond donors (Lipinski definition) is 2. The number of carbonyl (C=O) groups excluding carboxylic acids is 1. The average Bonchev–Trinajstić information content (AvgIpc) is 2.38. The zero-order chi connectivity index (χ0) is 14.8. The first kappa shape index (κ1) is 14.6. The van der Waals surface area contributed by atoms with Gasteiger partial charge in [0.2, 0.25) is 0 Å². The number of rotatable bonds is 2. The second kappa shape index (κ2) is 5.68. The van der Waals surface area contributed by atoms with Crippen LogP contribution in [0.4, 0.5) is 13.2 Å². The number of aromatic amines is 1. The van der Waals surface area contributed by atoms with E-state index in [1.165, 1.54) is 12.4 Å². The van der Waals surface area contributed by atoms with Crippen molar-refractivity contribution in [1.29, 1.82) is 0 Å². The van der Waals surface area contributed by atoms with E-state index in [0.717, 1.165) is 6.07 Å². The van der Waals surface area contributed by atoms with E-state index in [9.17, 15) is 22.8 Å². The van der Waals surface area contributed by atoms with Crippen molar-refractivity contribution in [3.05, 3.63) is 34.2 Å². The molecule has 2 atom stereocenters. The number of aromatic nitrogens is 1. The summed E-state index contributed by atoms with van der Waals surface area (Å²) in [6.45, 7) is 0. The fourth-order valence-electron chi connectivity index (χ4n) is 2.54. The summed E-state index contributed by atoms with van der Waals surface area (Å²) < 4.78 is 38.7. The molecule has 0 bridgehead atoms. The summed E-state index contributed by atoms with van der Waals surface area (Å²) in [5.41, 5.74) is -0.681. The Morgan fingerprint density at radius 1 is 1.30 bits per heavy atom. The van der Waals surface area contributed by atoms with Gasteiger partial charge in [0.1, 0.15) is 5.56 Å². The van der Waals surface area contributed by atoms with Gasteiger partial charge in [-0.2, -0.15) is 13.2 Å². The van der Waals surface area contributed by atoms with E-state index >= 15 is 0 Å². The summed E-state index contributed by atoms with van der Waals surface area (Å²) in [6.07, 6.45) is -0.339. The predicted molar refractivity (Wildman–Crippen MR) is 66.3 cm³/mol. The van der Waals surface area contributed by atoms with Gasteiger partial charge in [-0.3, -0.25) is 9.59 Å². The first-order valence-electron chi connectivity index (χ1n) is 6.44. The van der Waals surface area contributed by atoms with Gasteiger partial charge in [0.05, 0.1) is 5.92 Å². The molecule has 20 heavy (non-hydrogen) atoms. The van der Waals surface area contributed by atoms with Gasteiger partial charge in [0, 0.05) is 24.5 Å². The van der Waals surface area contributed by atoms with E-state index in [-0.39, 0.29) is 18.4 Å². The normalized spacial score (nSPS) is 23.4. The number of alkyl halides is 3. The third-order valence-electron chi connectivity index (χ3n) is 3.57. The van der Waals surface area contributed by atoms with Crippen LogP contribution in [-0.2, 0) is 0 Å². The zero-order valence-electron chi connectivity index (χ0n) is 10.7. The minimum atomic E-state index is -4.33. The fourth-order valence-corrected chi connectivity index (χ4v) is 2.54. The molecule has 4 nitrogen and oxygen atoms in total. The maximum absolute atomic E-state index is 12.9. The van der Waals surface area contributed by atoms with Crippen molar-refractivity contribution in [2.75, 3.05) is 0 Å². The first-order valence-corrected chi connectivity index (χ1v) is 6.44. The van der Waals surface area contributed by atoms with Crippen LogP contribution in [-0.4, -0.2) is 23.1 Å². The quantitative estimate of drug-likeness (QED) is 0.876. The minimum Gasteiger partial charge on any atom is -0.367 e. The van der Waals surface area contributed by atoms with E-state index in [2.05, 4.69) is 10.3 Å². The van der Waals surface area contributed by atoms with Crippen molar-refractivity contribution in [3.8, 4) is 0 Å². The van der Waals surface area contributed by atoms with Gasteiger partial charge in [-0.05, 0) is 12.8 Å². The van der Waals surface area contributed by atoms with Crippen LogP contribution in [0.15, 0.2) is 23.3 Å². The highest BCUT2D eigenvalue weighted by Crippen LogP contribution is 2.37. The zero-order valence-corrected chi connectivity index (χ0v) is 10.7. The molecule has 1 aromatic heterocycles. The van der Waals surface area contributed by atoms with Crippen molar-refractivity contribution >= 4 is 5.91 Å². The summed E-state index contributed by atoms with van der Waals surface area (Å²) in [7, 11) is 0. The van der Waals surface area contributed by atoms with Crippen LogP contribution in [0.25, 0.3) is 0 Å². The number of pyridine rings is 1. The molecule has 1 saturated carbocycles. The van der Waals surface area contributed by atoms with Crippen molar-refractivity contribution in [2.45, 2.75) is 37.9 Å². The van der Waals surface area contributed by atoms with E-state index in [0.29, 0.717) is 12.8 Å². The van der Waals surface area contributed by atoms with E-state index in [4.69, 9.17) is 0 Å². The fraction of sp³-hybridized carbons (Fsp3) is 0.538. The Bertz CT molecular complexity index is 539. The second-order valence-electron chi connectivity index (χ2n) is 4.93. The van der Waals surface area contributed by atoms with Crippen molar-refractivity contribution < 1.29 is 18.0 Å². The summed E-state index contributed by atoms with van der Waals surface area (Å²) >= 11 is 0. The van der Waals surface area contributed by atoms with Crippen LogP contribution in [0, 0.1) is 5.92 Å². The van der Waals surface area contributed by atoms with Crippen LogP contribution in [0.3, 0.4) is 0 Å². The van der Waals surface area contributed by atoms with Crippen LogP contribution in [0.5, 0.6) is 0 Å². The Kier molecular flexibility index (Phi) is 4.15. The smallest absolute Gasteiger partial charge is 0.367 e. The molecule has 2 unspecified atom stereocenters. The molecule has 2 N–H and O–H groups in total. The third-order valence-corrected chi connectivity index (χ3v) is 3.57. The molecule has 7 heteroatoms. The van der Waals surface area contributed by atoms with Gasteiger partial charge in [-0.1, -0.05) is 12.8 Å². The molecular weight excluding hydrogens is 273 g/mol. The topological polar surface area (TPSA) is 62.0 Å². The van der Waals surface area contributed by atoms with Crippen molar-refractivity contribution in [1.82, 2.24) is 10.3 Å². The maximum Gasteiger partial charge on any atom is 0.393 e. The summed E-state index contributed by atoms with van der Waals surface area (Å²) in [4.78, 5) is 26.0. The molecule has 1 amide bonds. The first-order chi connectivity index (χ1) is 9.39. The van der Waals surface area contributed by atoms with E-state index in [1.54, 1.807) is 0 Å². The van der Waals surface area contributed by atoms with Gasteiger partial charge in [-0.25, -0.2) is 0 Å². The molecule has 110 valence electrons. The van der Waals surface area contributed by atoms with Crippen LogP contribution >= 0.6 is 0 Å². The Morgan fingerprint density at radius 2 is 2.00 bits per heavy atom. The van der Waals surface area contributed by atoms with Gasteiger partial charge in [-0.15, -0.1) is 0 Å². The van der Waals surface area contributed by atoms with Gasteiger partial charge in [0.15, 0.2) is 5.43 Å². The Morgan fingerprint density at radius 3 is 2.65 bits per heavy atom. The lowest BCUT2D eigenvalue weighted by molar-refractivity contribution is -0.187. The summed E-state index contributed by atoms with van der Waals surface area (Å²) in [5, 5.41) is 2.35.